The second-order valence-corrected chi connectivity index (χ2v) is 5.72. The van der Waals surface area contributed by atoms with Gasteiger partial charge in [0, 0.05) is 0 Å². The van der Waals surface area contributed by atoms with Crippen molar-refractivity contribution >= 4 is 5.84 Å². The lowest BCUT2D eigenvalue weighted by atomic mass is 9.89. The summed E-state index contributed by atoms with van der Waals surface area (Å²) in [5.41, 5.74) is 7.25. The van der Waals surface area contributed by atoms with E-state index in [9.17, 15) is 0 Å². The van der Waals surface area contributed by atoms with E-state index in [0.717, 1.165) is 24.3 Å². The maximum Gasteiger partial charge on any atom is 0.173 e. The van der Waals surface area contributed by atoms with Crippen LogP contribution in [-0.2, 0) is 11.3 Å². The molecule has 0 bridgehead atoms. The minimum Gasteiger partial charge on any atom is -0.496 e. The van der Waals surface area contributed by atoms with Crippen molar-refractivity contribution in [3.63, 3.8) is 0 Å². The number of nitrogens with zero attached hydrogens (tertiary/aromatic N) is 1. The molecule has 1 aliphatic rings. The number of oxime groups is 1. The van der Waals surface area contributed by atoms with Crippen LogP contribution < -0.4 is 10.5 Å². The van der Waals surface area contributed by atoms with Crippen molar-refractivity contribution < 1.29 is 14.7 Å². The highest BCUT2D eigenvalue weighted by Gasteiger charge is 2.19. The fourth-order valence-electron chi connectivity index (χ4n) is 2.84. The molecule has 0 aromatic heterocycles. The van der Waals surface area contributed by atoms with Gasteiger partial charge in [-0.15, -0.1) is 0 Å². The van der Waals surface area contributed by atoms with Gasteiger partial charge in [-0.1, -0.05) is 31.0 Å². The highest BCUT2D eigenvalue weighted by Crippen LogP contribution is 2.27. The molecule has 0 aliphatic heterocycles. The van der Waals surface area contributed by atoms with E-state index in [-0.39, 0.29) is 5.84 Å². The lowest BCUT2D eigenvalue weighted by Crippen LogP contribution is -2.21. The number of amidine groups is 1. The van der Waals surface area contributed by atoms with Gasteiger partial charge in [-0.25, -0.2) is 0 Å². The largest absolute Gasteiger partial charge is 0.496 e. The zero-order valence-corrected chi connectivity index (χ0v) is 12.7. The van der Waals surface area contributed by atoms with Crippen molar-refractivity contribution in [1.82, 2.24) is 0 Å². The van der Waals surface area contributed by atoms with Crippen LogP contribution in [0, 0.1) is 5.92 Å². The van der Waals surface area contributed by atoms with Gasteiger partial charge in [-0.3, -0.25) is 0 Å². The van der Waals surface area contributed by atoms with Crippen molar-refractivity contribution in [2.75, 3.05) is 7.11 Å². The average molecular weight is 292 g/mol. The van der Waals surface area contributed by atoms with Gasteiger partial charge in [0.25, 0.3) is 0 Å². The predicted molar refractivity (Wildman–Crippen MR) is 81.7 cm³/mol. The Labute approximate surface area is 125 Å². The normalized spacial score (nSPS) is 23.0. The Balaban J connectivity index is 2.03. The summed E-state index contributed by atoms with van der Waals surface area (Å²) in [6.45, 7) is 2.81. The first kappa shape index (κ1) is 15.6. The van der Waals surface area contributed by atoms with Crippen LogP contribution in [0.1, 0.15) is 43.7 Å². The molecule has 0 radical (unpaired) electrons. The Bertz CT molecular complexity index is 502. The smallest absolute Gasteiger partial charge is 0.173 e. The average Bonchev–Trinajstić information content (AvgIpc) is 2.52. The minimum atomic E-state index is 0.0417. The van der Waals surface area contributed by atoms with E-state index >= 15 is 0 Å². The van der Waals surface area contributed by atoms with E-state index in [0.29, 0.717) is 24.0 Å². The Morgan fingerprint density at radius 2 is 2.24 bits per heavy atom. The van der Waals surface area contributed by atoms with Crippen LogP contribution in [0.25, 0.3) is 0 Å². The molecule has 1 aliphatic carbocycles. The molecule has 5 heteroatoms. The summed E-state index contributed by atoms with van der Waals surface area (Å²) in [5.74, 6) is 1.37. The molecule has 3 N–H and O–H groups in total. The monoisotopic (exact) mass is 292 g/mol. The van der Waals surface area contributed by atoms with E-state index in [4.69, 9.17) is 20.4 Å². The number of benzene rings is 1. The molecule has 2 unspecified atom stereocenters. The van der Waals surface area contributed by atoms with E-state index in [2.05, 4.69) is 12.1 Å². The van der Waals surface area contributed by atoms with Crippen molar-refractivity contribution in [1.29, 1.82) is 0 Å². The molecule has 1 fully saturated rings. The van der Waals surface area contributed by atoms with Gasteiger partial charge in [-0.05, 0) is 36.5 Å². The van der Waals surface area contributed by atoms with E-state index < -0.39 is 0 Å². The van der Waals surface area contributed by atoms with Crippen molar-refractivity contribution in [3.8, 4) is 5.75 Å². The molecule has 5 nitrogen and oxygen atoms in total. The number of nitrogens with two attached hydrogens (primary N) is 1. The molecule has 21 heavy (non-hydrogen) atoms. The van der Waals surface area contributed by atoms with Gasteiger partial charge in [0.15, 0.2) is 5.84 Å². The summed E-state index contributed by atoms with van der Waals surface area (Å²) in [6, 6.07) is 5.61. The van der Waals surface area contributed by atoms with E-state index in [1.54, 1.807) is 7.11 Å². The Morgan fingerprint density at radius 3 is 2.90 bits per heavy atom. The quantitative estimate of drug-likeness (QED) is 0.378. The number of methoxy groups -OCH3 is 1. The van der Waals surface area contributed by atoms with Gasteiger partial charge in [-0.2, -0.15) is 0 Å². The number of hydrogen-bond donors (Lipinski definition) is 2. The fraction of sp³-hybridized carbons (Fsp3) is 0.562. The van der Waals surface area contributed by atoms with Crippen molar-refractivity contribution in [3.05, 3.63) is 29.3 Å². The summed E-state index contributed by atoms with van der Waals surface area (Å²) in [7, 11) is 1.56. The van der Waals surface area contributed by atoms with Crippen LogP contribution in [0.4, 0.5) is 0 Å². The van der Waals surface area contributed by atoms with Crippen LogP contribution >= 0.6 is 0 Å². The Kier molecular flexibility index (Phi) is 5.44. The molecule has 1 aromatic carbocycles. The zero-order chi connectivity index (χ0) is 15.2. The topological polar surface area (TPSA) is 77.1 Å². The Morgan fingerprint density at radius 1 is 1.43 bits per heavy atom. The zero-order valence-electron chi connectivity index (χ0n) is 12.7. The molecular weight excluding hydrogens is 268 g/mol. The van der Waals surface area contributed by atoms with Gasteiger partial charge in [0.05, 0.1) is 25.4 Å². The molecule has 2 rings (SSSR count). The van der Waals surface area contributed by atoms with Gasteiger partial charge in [0.2, 0.25) is 0 Å². The maximum absolute atomic E-state index is 8.84. The van der Waals surface area contributed by atoms with Gasteiger partial charge in [0.1, 0.15) is 5.75 Å². The van der Waals surface area contributed by atoms with Gasteiger partial charge < -0.3 is 20.4 Å². The third-order valence-corrected chi connectivity index (χ3v) is 4.02. The first-order valence-electron chi connectivity index (χ1n) is 7.40. The van der Waals surface area contributed by atoms with Crippen LogP contribution in [0.2, 0.25) is 0 Å². The first-order chi connectivity index (χ1) is 10.1. The summed E-state index contributed by atoms with van der Waals surface area (Å²) < 4.78 is 11.2. The van der Waals surface area contributed by atoms with Crippen LogP contribution in [0.15, 0.2) is 23.4 Å². The number of hydrogen-bond acceptors (Lipinski definition) is 4. The lowest BCUT2D eigenvalue weighted by Gasteiger charge is -2.26. The van der Waals surface area contributed by atoms with Crippen LogP contribution in [0.5, 0.6) is 5.75 Å². The lowest BCUT2D eigenvalue weighted by molar-refractivity contribution is 0.00465. The number of ether oxygens (including phenoxy) is 2. The minimum absolute atomic E-state index is 0.0417. The number of rotatable bonds is 5. The third kappa shape index (κ3) is 4.11. The third-order valence-electron chi connectivity index (χ3n) is 4.02. The van der Waals surface area contributed by atoms with Crippen LogP contribution in [-0.4, -0.2) is 24.3 Å². The van der Waals surface area contributed by atoms with Crippen LogP contribution in [0.3, 0.4) is 0 Å². The standard InChI is InChI=1S/C16H24N2O3/c1-11-4-3-5-13(8-11)21-10-12-6-7-15(20-2)14(9-12)16(17)18-19/h6-7,9,11,13,19H,3-5,8,10H2,1-2H3,(H2,17,18). The Hall–Kier alpha value is -1.75. The summed E-state index contributed by atoms with van der Waals surface area (Å²) in [6.07, 6.45) is 5.14. The molecule has 0 heterocycles. The SMILES string of the molecule is COc1ccc(COC2CCCC(C)C2)cc1C(N)=NO. The predicted octanol–water partition coefficient (Wildman–Crippen LogP) is 2.88. The first-order valence-corrected chi connectivity index (χ1v) is 7.40. The molecule has 0 saturated heterocycles. The molecule has 1 aromatic rings. The summed E-state index contributed by atoms with van der Waals surface area (Å²) in [5, 5.41) is 11.9. The molecular formula is C16H24N2O3. The molecule has 1 saturated carbocycles. The van der Waals surface area contributed by atoms with Crippen molar-refractivity contribution in [2.45, 2.75) is 45.3 Å². The van der Waals surface area contributed by atoms with E-state index in [1.165, 1.54) is 12.8 Å². The molecule has 2 atom stereocenters. The summed E-state index contributed by atoms with van der Waals surface area (Å²) in [4.78, 5) is 0. The second kappa shape index (κ2) is 7.31. The van der Waals surface area contributed by atoms with E-state index in [1.807, 2.05) is 18.2 Å². The molecule has 0 spiro atoms. The summed E-state index contributed by atoms with van der Waals surface area (Å²) >= 11 is 0. The van der Waals surface area contributed by atoms with Crippen molar-refractivity contribution in [2.24, 2.45) is 16.8 Å². The fourth-order valence-corrected chi connectivity index (χ4v) is 2.84. The molecule has 116 valence electrons. The highest BCUT2D eigenvalue weighted by molar-refractivity contribution is 5.99. The maximum atomic E-state index is 8.84. The second-order valence-electron chi connectivity index (χ2n) is 5.72. The van der Waals surface area contributed by atoms with Gasteiger partial charge >= 0.3 is 0 Å². The molecule has 0 amide bonds. The highest BCUT2D eigenvalue weighted by atomic mass is 16.5.